The van der Waals surface area contributed by atoms with Gasteiger partial charge in [-0.1, -0.05) is 0 Å². The quantitative estimate of drug-likeness (QED) is 0.568. The number of aryl methyl sites for hydroxylation is 2. The van der Waals surface area contributed by atoms with Crippen LogP contribution in [0.5, 0.6) is 11.5 Å². The first-order valence-corrected chi connectivity index (χ1v) is 8.50. The molecule has 0 fully saturated rings. The molecule has 7 nitrogen and oxygen atoms in total. The molecule has 28 heavy (non-hydrogen) atoms. The Bertz CT molecular complexity index is 1170. The van der Waals surface area contributed by atoms with E-state index >= 15 is 0 Å². The Labute approximate surface area is 158 Å². The topological polar surface area (TPSA) is 87.6 Å². The molecule has 0 bridgehead atoms. The minimum absolute atomic E-state index is 0.0117. The first-order valence-electron chi connectivity index (χ1n) is 8.50. The number of halogens is 2. The first kappa shape index (κ1) is 17.9. The van der Waals surface area contributed by atoms with Crippen LogP contribution in [0.4, 0.5) is 14.7 Å². The van der Waals surface area contributed by atoms with Gasteiger partial charge in [-0.25, -0.2) is 13.8 Å². The van der Waals surface area contributed by atoms with Gasteiger partial charge < -0.3 is 15.2 Å². The number of anilines is 1. The molecule has 0 aliphatic rings. The number of hydrogen-bond acceptors (Lipinski definition) is 6. The second kappa shape index (κ2) is 6.91. The SMILES string of the molecule is COc1cc(CCc2nc3cc(F)cc(F)c3c3nc(N)nn23)cc(OC)c1. The molecule has 0 saturated heterocycles. The van der Waals surface area contributed by atoms with Crippen LogP contribution in [-0.2, 0) is 12.8 Å². The molecule has 2 heterocycles. The molecule has 0 unspecified atom stereocenters. The van der Waals surface area contributed by atoms with E-state index in [1.54, 1.807) is 20.3 Å². The smallest absolute Gasteiger partial charge is 0.240 e. The molecular formula is C19H17F2N5O2. The maximum absolute atomic E-state index is 14.3. The van der Waals surface area contributed by atoms with Crippen LogP contribution in [0.15, 0.2) is 30.3 Å². The zero-order chi connectivity index (χ0) is 19.8. The highest BCUT2D eigenvalue weighted by molar-refractivity contribution is 5.92. The van der Waals surface area contributed by atoms with Crippen LogP contribution in [0, 0.1) is 11.6 Å². The average molecular weight is 385 g/mol. The highest BCUT2D eigenvalue weighted by atomic mass is 19.1. The third kappa shape index (κ3) is 3.15. The standard InChI is InChI=1S/C19H17F2N5O2/c1-27-12-5-10(6-13(9-12)28-2)3-4-16-23-15-8-11(20)7-14(21)17(15)18-24-19(22)25-26(16)18/h5-9H,3-4H2,1-2H3,(H2,22,25). The highest BCUT2D eigenvalue weighted by Crippen LogP contribution is 2.26. The molecule has 0 saturated carbocycles. The fourth-order valence-electron chi connectivity index (χ4n) is 3.15. The molecule has 2 aromatic carbocycles. The van der Waals surface area contributed by atoms with E-state index in [2.05, 4.69) is 15.1 Å². The van der Waals surface area contributed by atoms with Gasteiger partial charge in [0.25, 0.3) is 0 Å². The minimum Gasteiger partial charge on any atom is -0.497 e. The summed E-state index contributed by atoms with van der Waals surface area (Å²) < 4.78 is 39.9. The summed E-state index contributed by atoms with van der Waals surface area (Å²) >= 11 is 0. The number of benzene rings is 2. The number of aromatic nitrogens is 4. The van der Waals surface area contributed by atoms with Crippen molar-refractivity contribution >= 4 is 22.5 Å². The van der Waals surface area contributed by atoms with Gasteiger partial charge in [0.05, 0.1) is 25.1 Å². The van der Waals surface area contributed by atoms with Gasteiger partial charge in [0, 0.05) is 24.6 Å². The normalized spacial score (nSPS) is 11.3. The molecule has 4 aromatic rings. The van der Waals surface area contributed by atoms with Crippen molar-refractivity contribution in [2.75, 3.05) is 20.0 Å². The third-order valence-corrected chi connectivity index (χ3v) is 4.42. The molecular weight excluding hydrogens is 368 g/mol. The number of methoxy groups -OCH3 is 2. The van der Waals surface area contributed by atoms with Gasteiger partial charge in [0.15, 0.2) is 5.65 Å². The van der Waals surface area contributed by atoms with Gasteiger partial charge in [-0.3, -0.25) is 0 Å². The van der Waals surface area contributed by atoms with E-state index in [4.69, 9.17) is 15.2 Å². The van der Waals surface area contributed by atoms with E-state index < -0.39 is 11.6 Å². The van der Waals surface area contributed by atoms with Gasteiger partial charge in [-0.2, -0.15) is 9.50 Å². The average Bonchev–Trinajstić information content (AvgIpc) is 3.06. The zero-order valence-electron chi connectivity index (χ0n) is 15.2. The maximum Gasteiger partial charge on any atom is 0.240 e. The van der Waals surface area contributed by atoms with Crippen molar-refractivity contribution in [1.29, 1.82) is 0 Å². The Balaban J connectivity index is 1.78. The summed E-state index contributed by atoms with van der Waals surface area (Å²) in [5.41, 5.74) is 7.03. The molecule has 0 aliphatic heterocycles. The lowest BCUT2D eigenvalue weighted by atomic mass is 10.1. The fourth-order valence-corrected chi connectivity index (χ4v) is 3.15. The Morgan fingerprint density at radius 3 is 2.36 bits per heavy atom. The Morgan fingerprint density at radius 2 is 1.68 bits per heavy atom. The van der Waals surface area contributed by atoms with E-state index in [0.717, 1.165) is 11.6 Å². The van der Waals surface area contributed by atoms with Crippen molar-refractivity contribution in [1.82, 2.24) is 19.6 Å². The third-order valence-electron chi connectivity index (χ3n) is 4.42. The van der Waals surface area contributed by atoms with Gasteiger partial charge in [0.1, 0.15) is 29.0 Å². The monoisotopic (exact) mass is 385 g/mol. The molecule has 9 heteroatoms. The van der Waals surface area contributed by atoms with Crippen molar-refractivity contribution in [2.45, 2.75) is 12.8 Å². The Hall–Kier alpha value is -3.49. The van der Waals surface area contributed by atoms with Crippen LogP contribution >= 0.6 is 0 Å². The van der Waals surface area contributed by atoms with Crippen LogP contribution in [0.25, 0.3) is 16.6 Å². The number of ether oxygens (including phenoxy) is 2. The predicted molar refractivity (Wildman–Crippen MR) is 99.6 cm³/mol. The van der Waals surface area contributed by atoms with Crippen LogP contribution in [0.2, 0.25) is 0 Å². The number of nitrogens with zero attached hydrogens (tertiary/aromatic N) is 4. The lowest BCUT2D eigenvalue weighted by Crippen LogP contribution is -2.07. The number of fused-ring (bicyclic) bond motifs is 3. The van der Waals surface area contributed by atoms with Crippen LogP contribution in [0.3, 0.4) is 0 Å². The molecule has 4 rings (SSSR count). The fraction of sp³-hybridized carbons (Fsp3) is 0.211. The molecule has 0 amide bonds. The summed E-state index contributed by atoms with van der Waals surface area (Å²) in [6, 6.07) is 7.50. The van der Waals surface area contributed by atoms with Gasteiger partial charge in [-0.05, 0) is 24.1 Å². The number of hydrogen-bond donors (Lipinski definition) is 1. The molecule has 2 N–H and O–H groups in total. The number of nitrogen functional groups attached to an aromatic ring is 1. The van der Waals surface area contributed by atoms with Crippen molar-refractivity contribution < 1.29 is 18.3 Å². The van der Waals surface area contributed by atoms with E-state index in [1.807, 2.05) is 12.1 Å². The van der Waals surface area contributed by atoms with E-state index in [-0.39, 0.29) is 22.5 Å². The summed E-state index contributed by atoms with van der Waals surface area (Å²) in [7, 11) is 3.16. The van der Waals surface area contributed by atoms with Crippen molar-refractivity contribution in [3.05, 3.63) is 53.4 Å². The minimum atomic E-state index is -0.760. The summed E-state index contributed by atoms with van der Waals surface area (Å²) in [6.07, 6.45) is 1.00. The molecule has 2 aromatic heterocycles. The summed E-state index contributed by atoms with van der Waals surface area (Å²) in [6.45, 7) is 0. The lowest BCUT2D eigenvalue weighted by molar-refractivity contribution is 0.393. The van der Waals surface area contributed by atoms with Crippen molar-refractivity contribution in [3.8, 4) is 11.5 Å². The second-order valence-electron chi connectivity index (χ2n) is 6.24. The summed E-state index contributed by atoms with van der Waals surface area (Å²) in [5.74, 6) is 0.336. The molecule has 0 atom stereocenters. The van der Waals surface area contributed by atoms with Gasteiger partial charge >= 0.3 is 0 Å². The molecule has 0 radical (unpaired) electrons. The van der Waals surface area contributed by atoms with Gasteiger partial charge in [0.2, 0.25) is 5.95 Å². The Morgan fingerprint density at radius 1 is 0.964 bits per heavy atom. The van der Waals surface area contributed by atoms with E-state index in [9.17, 15) is 8.78 Å². The lowest BCUT2D eigenvalue weighted by Gasteiger charge is -2.10. The second-order valence-corrected chi connectivity index (χ2v) is 6.24. The first-order chi connectivity index (χ1) is 13.5. The van der Waals surface area contributed by atoms with E-state index in [1.165, 1.54) is 10.6 Å². The summed E-state index contributed by atoms with van der Waals surface area (Å²) in [5, 5.41) is 4.20. The van der Waals surface area contributed by atoms with Crippen molar-refractivity contribution in [2.24, 2.45) is 0 Å². The number of rotatable bonds is 5. The highest BCUT2D eigenvalue weighted by Gasteiger charge is 2.17. The largest absolute Gasteiger partial charge is 0.497 e. The van der Waals surface area contributed by atoms with E-state index in [0.29, 0.717) is 30.2 Å². The zero-order valence-corrected chi connectivity index (χ0v) is 15.2. The van der Waals surface area contributed by atoms with Crippen LogP contribution < -0.4 is 15.2 Å². The number of nitrogens with two attached hydrogens (primary N) is 1. The van der Waals surface area contributed by atoms with Crippen LogP contribution in [0.1, 0.15) is 11.4 Å². The van der Waals surface area contributed by atoms with Crippen LogP contribution in [-0.4, -0.2) is 33.8 Å². The van der Waals surface area contributed by atoms with Gasteiger partial charge in [-0.15, -0.1) is 5.10 Å². The maximum atomic E-state index is 14.3. The summed E-state index contributed by atoms with van der Waals surface area (Å²) in [4.78, 5) is 8.49. The molecule has 0 aliphatic carbocycles. The van der Waals surface area contributed by atoms with Crippen molar-refractivity contribution in [3.63, 3.8) is 0 Å². The Kier molecular flexibility index (Phi) is 4.42. The predicted octanol–water partition coefficient (Wildman–Crippen LogP) is 2.94. The molecule has 0 spiro atoms. The molecule has 144 valence electrons.